The average molecular weight is 194 g/mol. The van der Waals surface area contributed by atoms with Gasteiger partial charge in [0.25, 0.3) is 0 Å². The van der Waals surface area contributed by atoms with Crippen LogP contribution in [0, 0.1) is 17.3 Å². The second kappa shape index (κ2) is 3.20. The first-order chi connectivity index (χ1) is 6.56. The molecule has 1 fully saturated rings. The third-order valence-corrected chi connectivity index (χ3v) is 4.25. The largest absolute Gasteiger partial charge is 0.393 e. The molecular weight excluding hydrogens is 176 g/mol. The van der Waals surface area contributed by atoms with Crippen molar-refractivity contribution in [3.8, 4) is 0 Å². The molecule has 1 N–H and O–H groups in total. The molecule has 14 heavy (non-hydrogen) atoms. The van der Waals surface area contributed by atoms with E-state index in [1.807, 2.05) is 0 Å². The molecule has 2 aliphatic carbocycles. The lowest BCUT2D eigenvalue weighted by Gasteiger charge is -2.43. The Labute approximate surface area is 85.0 Å². The second-order valence-electron chi connectivity index (χ2n) is 5.13. The lowest BCUT2D eigenvalue weighted by atomic mass is 9.63. The zero-order valence-corrected chi connectivity index (χ0v) is 8.86. The highest BCUT2D eigenvalue weighted by molar-refractivity contribution is 5.74. The first-order valence-corrected chi connectivity index (χ1v) is 5.41. The van der Waals surface area contributed by atoms with Gasteiger partial charge in [0, 0.05) is 0 Å². The van der Waals surface area contributed by atoms with Gasteiger partial charge in [0.05, 0.1) is 6.10 Å². The molecule has 2 rings (SSSR count). The molecule has 0 aromatic carbocycles. The number of allylic oxidation sites excluding steroid dienone is 2. The number of aldehydes is 1. The topological polar surface area (TPSA) is 37.3 Å². The highest BCUT2D eigenvalue weighted by atomic mass is 16.3. The molecule has 0 heterocycles. The maximum absolute atomic E-state index is 10.8. The minimum atomic E-state index is -0.164. The summed E-state index contributed by atoms with van der Waals surface area (Å²) in [6.07, 6.45) is 5.54. The highest BCUT2D eigenvalue weighted by Crippen LogP contribution is 2.52. The molecule has 0 aliphatic heterocycles. The first-order valence-electron chi connectivity index (χ1n) is 5.41. The van der Waals surface area contributed by atoms with E-state index in [9.17, 15) is 9.90 Å². The quantitative estimate of drug-likeness (QED) is 0.648. The predicted octanol–water partition coefficient (Wildman–Crippen LogP) is 1.93. The van der Waals surface area contributed by atoms with Crippen LogP contribution in [-0.4, -0.2) is 17.5 Å². The molecule has 78 valence electrons. The number of aliphatic hydroxyl groups excluding tert-OH is 1. The van der Waals surface area contributed by atoms with E-state index in [1.165, 1.54) is 0 Å². The van der Waals surface area contributed by atoms with Crippen LogP contribution in [-0.2, 0) is 4.79 Å². The van der Waals surface area contributed by atoms with Crippen molar-refractivity contribution in [3.63, 3.8) is 0 Å². The van der Waals surface area contributed by atoms with Crippen molar-refractivity contribution in [1.29, 1.82) is 0 Å². The van der Waals surface area contributed by atoms with E-state index in [0.29, 0.717) is 11.8 Å². The van der Waals surface area contributed by atoms with Crippen molar-refractivity contribution >= 4 is 6.29 Å². The summed E-state index contributed by atoms with van der Waals surface area (Å²) in [6.45, 7) is 4.41. The standard InChI is InChI=1S/C12H18O2/c1-8-3-11(14)5-10-4-9(7-13)6-12(8,10)2/h6-8,10-11,14H,3-5H2,1-2H3/t8-,10-,11+,12+/m0/s1. The van der Waals surface area contributed by atoms with Crippen LogP contribution in [0.1, 0.15) is 33.1 Å². The fourth-order valence-corrected chi connectivity index (χ4v) is 3.13. The van der Waals surface area contributed by atoms with E-state index in [-0.39, 0.29) is 11.5 Å². The smallest absolute Gasteiger partial charge is 0.145 e. The maximum Gasteiger partial charge on any atom is 0.145 e. The van der Waals surface area contributed by atoms with E-state index in [2.05, 4.69) is 19.9 Å². The SMILES string of the molecule is C[C@H]1C[C@@H](O)C[C@@H]2CC(C=O)=C[C@@]21C. The van der Waals surface area contributed by atoms with Crippen molar-refractivity contribution in [2.75, 3.05) is 0 Å². The van der Waals surface area contributed by atoms with E-state index in [0.717, 1.165) is 31.1 Å². The summed E-state index contributed by atoms with van der Waals surface area (Å²) >= 11 is 0. The molecule has 1 saturated carbocycles. The summed E-state index contributed by atoms with van der Waals surface area (Å²) in [6, 6.07) is 0. The van der Waals surface area contributed by atoms with Gasteiger partial charge in [-0.15, -0.1) is 0 Å². The van der Waals surface area contributed by atoms with Crippen LogP contribution in [0.3, 0.4) is 0 Å². The number of hydrogen-bond acceptors (Lipinski definition) is 2. The molecule has 0 saturated heterocycles. The molecule has 2 aliphatic rings. The van der Waals surface area contributed by atoms with Crippen LogP contribution < -0.4 is 0 Å². The Bertz CT molecular complexity index is 282. The summed E-state index contributed by atoms with van der Waals surface area (Å²) in [7, 11) is 0. The molecule has 0 radical (unpaired) electrons. The van der Waals surface area contributed by atoms with Gasteiger partial charge in [-0.05, 0) is 42.1 Å². The van der Waals surface area contributed by atoms with E-state index >= 15 is 0 Å². The van der Waals surface area contributed by atoms with Gasteiger partial charge in [0.15, 0.2) is 0 Å². The summed E-state index contributed by atoms with van der Waals surface area (Å²) < 4.78 is 0. The van der Waals surface area contributed by atoms with Gasteiger partial charge in [0.1, 0.15) is 6.29 Å². The van der Waals surface area contributed by atoms with Crippen LogP contribution in [0.2, 0.25) is 0 Å². The van der Waals surface area contributed by atoms with Crippen molar-refractivity contribution in [2.24, 2.45) is 17.3 Å². The summed E-state index contributed by atoms with van der Waals surface area (Å²) in [5.41, 5.74) is 1.08. The molecule has 2 heteroatoms. The van der Waals surface area contributed by atoms with Crippen LogP contribution in [0.15, 0.2) is 11.6 Å². The van der Waals surface area contributed by atoms with Gasteiger partial charge in [-0.1, -0.05) is 19.9 Å². The Balaban J connectivity index is 2.27. The molecule has 0 aromatic heterocycles. The van der Waals surface area contributed by atoms with Gasteiger partial charge >= 0.3 is 0 Å². The zero-order valence-electron chi connectivity index (χ0n) is 8.86. The van der Waals surface area contributed by atoms with Gasteiger partial charge < -0.3 is 5.11 Å². The van der Waals surface area contributed by atoms with Gasteiger partial charge in [0.2, 0.25) is 0 Å². The normalized spacial score (nSPS) is 47.1. The summed E-state index contributed by atoms with van der Waals surface area (Å²) in [5, 5.41) is 9.69. The highest BCUT2D eigenvalue weighted by Gasteiger charge is 2.46. The number of carbonyl (C=O) groups is 1. The molecule has 2 nitrogen and oxygen atoms in total. The Morgan fingerprint density at radius 2 is 2.29 bits per heavy atom. The Morgan fingerprint density at radius 1 is 1.57 bits per heavy atom. The Morgan fingerprint density at radius 3 is 2.93 bits per heavy atom. The van der Waals surface area contributed by atoms with Crippen molar-refractivity contribution in [2.45, 2.75) is 39.2 Å². The Kier molecular flexibility index (Phi) is 2.26. The van der Waals surface area contributed by atoms with Crippen LogP contribution in [0.5, 0.6) is 0 Å². The number of fused-ring (bicyclic) bond motifs is 1. The third kappa shape index (κ3) is 1.33. The van der Waals surface area contributed by atoms with Crippen LogP contribution in [0.4, 0.5) is 0 Å². The number of carbonyl (C=O) groups excluding carboxylic acids is 1. The van der Waals surface area contributed by atoms with E-state index < -0.39 is 0 Å². The molecule has 0 bridgehead atoms. The number of rotatable bonds is 1. The molecule has 0 unspecified atom stereocenters. The second-order valence-corrected chi connectivity index (χ2v) is 5.13. The van der Waals surface area contributed by atoms with Gasteiger partial charge in [-0.3, -0.25) is 4.79 Å². The molecule has 0 amide bonds. The van der Waals surface area contributed by atoms with Crippen LogP contribution in [0.25, 0.3) is 0 Å². The number of aliphatic hydroxyl groups is 1. The van der Waals surface area contributed by atoms with E-state index in [4.69, 9.17) is 0 Å². The monoisotopic (exact) mass is 194 g/mol. The summed E-state index contributed by atoms with van der Waals surface area (Å²) in [5.74, 6) is 0.954. The maximum atomic E-state index is 10.8. The predicted molar refractivity (Wildman–Crippen MR) is 54.8 cm³/mol. The zero-order chi connectivity index (χ0) is 10.3. The third-order valence-electron chi connectivity index (χ3n) is 4.25. The average Bonchev–Trinajstić information content (AvgIpc) is 2.44. The first kappa shape index (κ1) is 9.91. The van der Waals surface area contributed by atoms with Crippen LogP contribution >= 0.6 is 0 Å². The van der Waals surface area contributed by atoms with Crippen molar-refractivity contribution < 1.29 is 9.90 Å². The van der Waals surface area contributed by atoms with Crippen molar-refractivity contribution in [1.82, 2.24) is 0 Å². The van der Waals surface area contributed by atoms with Gasteiger partial charge in [-0.2, -0.15) is 0 Å². The van der Waals surface area contributed by atoms with E-state index in [1.54, 1.807) is 0 Å². The molecule has 0 aromatic rings. The van der Waals surface area contributed by atoms with Crippen molar-refractivity contribution in [3.05, 3.63) is 11.6 Å². The minimum Gasteiger partial charge on any atom is -0.393 e. The lowest BCUT2D eigenvalue weighted by Crippen LogP contribution is -2.38. The minimum absolute atomic E-state index is 0.148. The fourth-order valence-electron chi connectivity index (χ4n) is 3.13. The summed E-state index contributed by atoms with van der Waals surface area (Å²) in [4.78, 5) is 10.8. The lowest BCUT2D eigenvalue weighted by molar-refractivity contribution is -0.105. The number of hydrogen-bond donors (Lipinski definition) is 1. The molecule has 4 atom stereocenters. The Hall–Kier alpha value is -0.630. The molecular formula is C12H18O2. The fraction of sp³-hybridized carbons (Fsp3) is 0.750. The van der Waals surface area contributed by atoms with Gasteiger partial charge in [-0.25, -0.2) is 0 Å². The molecule has 0 spiro atoms.